The maximum atomic E-state index is 13.2. The molecule has 0 atom stereocenters. The second kappa shape index (κ2) is 7.51. The summed E-state index contributed by atoms with van der Waals surface area (Å²) in [5.74, 6) is 0.251. The van der Waals surface area contributed by atoms with Crippen LogP contribution in [0.4, 0.5) is 0 Å². The lowest BCUT2D eigenvalue weighted by atomic mass is 9.78. The quantitative estimate of drug-likeness (QED) is 0.448. The third kappa shape index (κ3) is 4.83. The standard InChI is InChI=1S/C26H36O3/c1-16-21(27)19(25(5,6)7)15-20(26(8,9)10)22(16)29-23(28)17-13-11-12-14-18(17)24(2,3)4/h11-15,27H,1-10H3. The van der Waals surface area contributed by atoms with Gasteiger partial charge in [-0.15, -0.1) is 0 Å². The maximum absolute atomic E-state index is 13.2. The first-order chi connectivity index (χ1) is 13.0. The molecule has 0 aliphatic heterocycles. The van der Waals surface area contributed by atoms with Crippen LogP contribution in [-0.4, -0.2) is 11.1 Å². The van der Waals surface area contributed by atoms with Crippen LogP contribution in [0.15, 0.2) is 30.3 Å². The van der Waals surface area contributed by atoms with Crippen LogP contribution in [0.1, 0.15) is 94.9 Å². The molecule has 158 valence electrons. The number of phenols is 1. The molecule has 0 aliphatic carbocycles. The van der Waals surface area contributed by atoms with E-state index in [1.807, 2.05) is 31.2 Å². The Hall–Kier alpha value is -2.29. The van der Waals surface area contributed by atoms with Gasteiger partial charge in [-0.2, -0.15) is 0 Å². The van der Waals surface area contributed by atoms with E-state index in [1.165, 1.54) is 0 Å². The molecule has 2 aromatic rings. The average molecular weight is 397 g/mol. The van der Waals surface area contributed by atoms with Gasteiger partial charge in [-0.1, -0.05) is 80.5 Å². The minimum atomic E-state index is -0.396. The van der Waals surface area contributed by atoms with Gasteiger partial charge in [0, 0.05) is 16.7 Å². The number of benzene rings is 2. The van der Waals surface area contributed by atoms with Crippen molar-refractivity contribution in [3.63, 3.8) is 0 Å². The first kappa shape index (κ1) is 23.0. The van der Waals surface area contributed by atoms with Crippen LogP contribution >= 0.6 is 0 Å². The lowest BCUT2D eigenvalue weighted by Gasteiger charge is -2.29. The normalized spacial score (nSPS) is 12.8. The summed E-state index contributed by atoms with van der Waals surface area (Å²) in [5, 5.41) is 10.9. The fourth-order valence-corrected chi connectivity index (χ4v) is 3.51. The number of ether oxygens (including phenoxy) is 1. The number of rotatable bonds is 2. The predicted molar refractivity (Wildman–Crippen MR) is 120 cm³/mol. The highest BCUT2D eigenvalue weighted by atomic mass is 16.5. The minimum Gasteiger partial charge on any atom is -0.507 e. The molecule has 0 heterocycles. The van der Waals surface area contributed by atoms with E-state index in [9.17, 15) is 9.90 Å². The van der Waals surface area contributed by atoms with Crippen molar-refractivity contribution < 1.29 is 14.6 Å². The van der Waals surface area contributed by atoms with Gasteiger partial charge in [0.05, 0.1) is 5.56 Å². The van der Waals surface area contributed by atoms with Crippen LogP contribution < -0.4 is 4.74 Å². The topological polar surface area (TPSA) is 46.5 Å². The van der Waals surface area contributed by atoms with Crippen LogP contribution in [0.2, 0.25) is 0 Å². The first-order valence-corrected chi connectivity index (χ1v) is 10.2. The Morgan fingerprint density at radius 1 is 0.793 bits per heavy atom. The molecular weight excluding hydrogens is 360 g/mol. The van der Waals surface area contributed by atoms with Gasteiger partial charge in [-0.05, 0) is 40.9 Å². The lowest BCUT2D eigenvalue weighted by molar-refractivity contribution is 0.0727. The highest BCUT2D eigenvalue weighted by Gasteiger charge is 2.31. The number of hydrogen-bond donors (Lipinski definition) is 1. The van der Waals surface area contributed by atoms with Crippen molar-refractivity contribution in [3.8, 4) is 11.5 Å². The van der Waals surface area contributed by atoms with E-state index < -0.39 is 5.97 Å². The van der Waals surface area contributed by atoms with Crippen LogP contribution in [0.25, 0.3) is 0 Å². The van der Waals surface area contributed by atoms with Crippen molar-refractivity contribution >= 4 is 5.97 Å². The second-order valence-electron chi connectivity index (χ2n) is 11.0. The van der Waals surface area contributed by atoms with Crippen LogP contribution in [-0.2, 0) is 16.2 Å². The van der Waals surface area contributed by atoms with E-state index >= 15 is 0 Å². The fourth-order valence-electron chi connectivity index (χ4n) is 3.51. The highest BCUT2D eigenvalue weighted by Crippen LogP contribution is 2.44. The van der Waals surface area contributed by atoms with Gasteiger partial charge in [-0.25, -0.2) is 4.79 Å². The fraction of sp³-hybridized carbons (Fsp3) is 0.500. The third-order valence-corrected chi connectivity index (χ3v) is 5.25. The van der Waals surface area contributed by atoms with Gasteiger partial charge >= 0.3 is 5.97 Å². The summed E-state index contributed by atoms with van der Waals surface area (Å²) in [4.78, 5) is 13.2. The molecule has 3 nitrogen and oxygen atoms in total. The van der Waals surface area contributed by atoms with Crippen molar-refractivity contribution in [3.05, 3.63) is 58.1 Å². The summed E-state index contributed by atoms with van der Waals surface area (Å²) in [5.41, 5.74) is 3.20. The Kier molecular flexibility index (Phi) is 5.96. The van der Waals surface area contributed by atoms with Gasteiger partial charge in [0.25, 0.3) is 0 Å². The van der Waals surface area contributed by atoms with Crippen LogP contribution in [0, 0.1) is 6.92 Å². The number of phenolic OH excluding ortho intramolecular Hbond substituents is 1. The molecule has 29 heavy (non-hydrogen) atoms. The zero-order chi connectivity index (χ0) is 22.4. The van der Waals surface area contributed by atoms with Gasteiger partial charge in [0.1, 0.15) is 11.5 Å². The monoisotopic (exact) mass is 396 g/mol. The number of aromatic hydroxyl groups is 1. The molecule has 0 saturated carbocycles. The van der Waals surface area contributed by atoms with Crippen molar-refractivity contribution in [2.24, 2.45) is 0 Å². The number of hydrogen-bond acceptors (Lipinski definition) is 3. The SMILES string of the molecule is Cc1c(O)c(C(C)(C)C)cc(C(C)(C)C)c1OC(=O)c1ccccc1C(C)(C)C. The molecule has 1 N–H and O–H groups in total. The molecule has 0 fully saturated rings. The Morgan fingerprint density at radius 3 is 1.76 bits per heavy atom. The molecule has 0 spiro atoms. The first-order valence-electron chi connectivity index (χ1n) is 10.2. The Morgan fingerprint density at radius 2 is 1.28 bits per heavy atom. The molecule has 0 unspecified atom stereocenters. The van der Waals surface area contributed by atoms with Crippen molar-refractivity contribution in [2.45, 2.75) is 85.5 Å². The number of esters is 1. The van der Waals surface area contributed by atoms with E-state index in [4.69, 9.17) is 4.74 Å². The molecule has 0 amide bonds. The van der Waals surface area contributed by atoms with Crippen molar-refractivity contribution in [2.75, 3.05) is 0 Å². The van der Waals surface area contributed by atoms with E-state index in [0.29, 0.717) is 16.9 Å². The van der Waals surface area contributed by atoms with Gasteiger partial charge in [0.15, 0.2) is 0 Å². The van der Waals surface area contributed by atoms with Crippen molar-refractivity contribution in [1.29, 1.82) is 0 Å². The smallest absolute Gasteiger partial charge is 0.343 e. The summed E-state index contributed by atoms with van der Waals surface area (Å²) < 4.78 is 5.97. The average Bonchev–Trinajstić information content (AvgIpc) is 2.56. The molecule has 3 heteroatoms. The predicted octanol–water partition coefficient (Wildman–Crippen LogP) is 6.81. The maximum Gasteiger partial charge on any atom is 0.343 e. The highest BCUT2D eigenvalue weighted by molar-refractivity contribution is 5.93. The molecule has 0 aromatic heterocycles. The third-order valence-electron chi connectivity index (χ3n) is 5.25. The van der Waals surface area contributed by atoms with E-state index in [0.717, 1.165) is 16.7 Å². The summed E-state index contributed by atoms with van der Waals surface area (Å²) in [7, 11) is 0. The summed E-state index contributed by atoms with van der Waals surface area (Å²) in [6.45, 7) is 20.5. The molecule has 2 aromatic carbocycles. The zero-order valence-electron chi connectivity index (χ0n) is 19.7. The molecule has 0 aliphatic rings. The Labute approximate surface area is 176 Å². The largest absolute Gasteiger partial charge is 0.507 e. The molecule has 0 saturated heterocycles. The van der Waals surface area contributed by atoms with E-state index in [1.54, 1.807) is 6.07 Å². The summed E-state index contributed by atoms with van der Waals surface area (Å²) in [6, 6.07) is 9.55. The summed E-state index contributed by atoms with van der Waals surface area (Å²) in [6.07, 6.45) is 0. The Balaban J connectivity index is 2.65. The minimum absolute atomic E-state index is 0.185. The Bertz CT molecular complexity index is 917. The van der Waals surface area contributed by atoms with Crippen LogP contribution in [0.5, 0.6) is 11.5 Å². The molecule has 0 bridgehead atoms. The van der Waals surface area contributed by atoms with Gasteiger partial charge in [0.2, 0.25) is 0 Å². The van der Waals surface area contributed by atoms with Crippen LogP contribution in [0.3, 0.4) is 0 Å². The molecular formula is C26H36O3. The van der Waals surface area contributed by atoms with Crippen molar-refractivity contribution in [1.82, 2.24) is 0 Å². The molecule has 0 radical (unpaired) electrons. The van der Waals surface area contributed by atoms with E-state index in [2.05, 4.69) is 62.3 Å². The number of carbonyl (C=O) groups is 1. The summed E-state index contributed by atoms with van der Waals surface area (Å²) >= 11 is 0. The lowest BCUT2D eigenvalue weighted by Crippen LogP contribution is -2.23. The van der Waals surface area contributed by atoms with Gasteiger partial charge in [-0.3, -0.25) is 0 Å². The number of carbonyl (C=O) groups excluding carboxylic acids is 1. The van der Waals surface area contributed by atoms with Gasteiger partial charge < -0.3 is 9.84 Å². The zero-order valence-corrected chi connectivity index (χ0v) is 19.7. The second-order valence-corrected chi connectivity index (χ2v) is 11.0. The molecule has 2 rings (SSSR count). The van der Waals surface area contributed by atoms with E-state index in [-0.39, 0.29) is 22.0 Å².